The normalized spacial score (nSPS) is 26.8. The van der Waals surface area contributed by atoms with Gasteiger partial charge in [0.25, 0.3) is 5.69 Å². The number of nitro benzene ring substituents is 1. The van der Waals surface area contributed by atoms with Gasteiger partial charge >= 0.3 is 5.97 Å². The molecule has 2 heterocycles. The zero-order valence-corrected chi connectivity index (χ0v) is 13.6. The molecule has 1 aromatic carbocycles. The zero-order valence-electron chi connectivity index (χ0n) is 12.8. The van der Waals surface area contributed by atoms with Crippen LogP contribution in [0.1, 0.15) is 12.0 Å². The molecule has 9 nitrogen and oxygen atoms in total. The number of amidine groups is 1. The Morgan fingerprint density at radius 1 is 1.58 bits per heavy atom. The van der Waals surface area contributed by atoms with Gasteiger partial charge in [-0.05, 0) is 7.05 Å². The van der Waals surface area contributed by atoms with Crippen LogP contribution < -0.4 is 0 Å². The second-order valence-electron chi connectivity index (χ2n) is 5.75. The van der Waals surface area contributed by atoms with Crippen molar-refractivity contribution in [3.8, 4) is 0 Å². The monoisotopic (exact) mass is 352 g/mol. The maximum absolute atomic E-state index is 11.4. The first-order chi connectivity index (χ1) is 11.3. The van der Waals surface area contributed by atoms with Crippen LogP contribution in [0.15, 0.2) is 29.3 Å². The molecule has 3 rings (SSSR count). The summed E-state index contributed by atoms with van der Waals surface area (Å²) in [6, 6.07) is 5.67. The van der Waals surface area contributed by atoms with Crippen molar-refractivity contribution in [1.29, 1.82) is 0 Å². The average molecular weight is 352 g/mol. The number of carboxylic acid groups (broad SMARTS) is 1. The maximum Gasteiger partial charge on any atom is 0.304 e. The van der Waals surface area contributed by atoms with Gasteiger partial charge in [0, 0.05) is 17.7 Å². The van der Waals surface area contributed by atoms with Gasteiger partial charge in [-0.25, -0.2) is 4.99 Å². The first-order valence-electron chi connectivity index (χ1n) is 7.18. The van der Waals surface area contributed by atoms with Gasteiger partial charge in [-0.1, -0.05) is 23.9 Å². The van der Waals surface area contributed by atoms with Gasteiger partial charge in [0.2, 0.25) is 0 Å². The molecule has 0 radical (unpaired) electrons. The lowest BCUT2D eigenvalue weighted by Crippen LogP contribution is -2.54. The van der Waals surface area contributed by atoms with E-state index in [2.05, 4.69) is 4.99 Å². The van der Waals surface area contributed by atoms with Crippen LogP contribution in [-0.4, -0.2) is 61.7 Å². The summed E-state index contributed by atoms with van der Waals surface area (Å²) in [5.41, 5.74) is -1.55. The van der Waals surface area contributed by atoms with Crippen molar-refractivity contribution in [2.75, 3.05) is 20.4 Å². The molecule has 2 unspecified atom stereocenters. The zero-order chi connectivity index (χ0) is 17.5. The summed E-state index contributed by atoms with van der Waals surface area (Å²) >= 11 is 1.19. The van der Waals surface area contributed by atoms with Crippen molar-refractivity contribution in [3.63, 3.8) is 0 Å². The number of carboxylic acids is 1. The molecule has 0 aromatic heterocycles. The third-order valence-electron chi connectivity index (χ3n) is 4.01. The lowest BCUT2D eigenvalue weighted by molar-refractivity contribution is -0.385. The lowest BCUT2D eigenvalue weighted by atomic mass is 9.95. The van der Waals surface area contributed by atoms with E-state index in [9.17, 15) is 25.1 Å². The van der Waals surface area contributed by atoms with E-state index in [4.69, 9.17) is 0 Å². The lowest BCUT2D eigenvalue weighted by Gasteiger charge is -2.40. The second-order valence-corrected chi connectivity index (χ2v) is 6.92. The fourth-order valence-electron chi connectivity index (χ4n) is 2.88. The Morgan fingerprint density at radius 3 is 3.00 bits per heavy atom. The molecule has 2 aliphatic rings. The number of nitro groups is 1. The number of nitrogens with zero attached hydrogens (tertiary/aromatic N) is 4. The highest BCUT2D eigenvalue weighted by atomic mass is 32.2. The first kappa shape index (κ1) is 16.7. The van der Waals surface area contributed by atoms with E-state index >= 15 is 0 Å². The molecule has 24 heavy (non-hydrogen) atoms. The van der Waals surface area contributed by atoms with Crippen LogP contribution in [0, 0.1) is 10.1 Å². The highest BCUT2D eigenvalue weighted by molar-refractivity contribution is 8.14. The van der Waals surface area contributed by atoms with E-state index in [1.54, 1.807) is 11.0 Å². The number of aliphatic carboxylic acids is 1. The number of rotatable bonds is 4. The average Bonchev–Trinajstić information content (AvgIpc) is 2.80. The van der Waals surface area contributed by atoms with Crippen molar-refractivity contribution in [2.45, 2.75) is 17.4 Å². The van der Waals surface area contributed by atoms with Gasteiger partial charge in [-0.2, -0.15) is 0 Å². The van der Waals surface area contributed by atoms with Crippen LogP contribution in [0.2, 0.25) is 0 Å². The molecule has 1 saturated heterocycles. The van der Waals surface area contributed by atoms with Gasteiger partial charge in [0.15, 0.2) is 10.9 Å². The Kier molecular flexibility index (Phi) is 4.20. The predicted octanol–water partition coefficient (Wildman–Crippen LogP) is 0.848. The van der Waals surface area contributed by atoms with E-state index < -0.39 is 21.9 Å². The van der Waals surface area contributed by atoms with Gasteiger partial charge in [-0.3, -0.25) is 19.8 Å². The highest BCUT2D eigenvalue weighted by Gasteiger charge is 2.54. The van der Waals surface area contributed by atoms with Crippen LogP contribution in [0.25, 0.3) is 0 Å². The van der Waals surface area contributed by atoms with Crippen LogP contribution in [-0.2, 0) is 10.5 Å². The molecule has 0 spiro atoms. The first-order valence-corrected chi connectivity index (χ1v) is 8.06. The number of thioether (sulfide) groups is 1. The van der Waals surface area contributed by atoms with Gasteiger partial charge < -0.3 is 15.1 Å². The smallest absolute Gasteiger partial charge is 0.304 e. The van der Waals surface area contributed by atoms with E-state index in [1.807, 2.05) is 11.9 Å². The van der Waals surface area contributed by atoms with Crippen molar-refractivity contribution >= 4 is 28.6 Å². The van der Waals surface area contributed by atoms with E-state index in [0.717, 1.165) is 0 Å². The number of aliphatic hydroxyl groups is 1. The van der Waals surface area contributed by atoms with Crippen molar-refractivity contribution in [3.05, 3.63) is 39.9 Å². The molecular formula is C14H16N4O5S. The minimum absolute atomic E-state index is 0.157. The minimum Gasteiger partial charge on any atom is -0.481 e. The Balaban J connectivity index is 2.09. The van der Waals surface area contributed by atoms with Crippen molar-refractivity contribution in [2.24, 2.45) is 4.99 Å². The molecule has 1 aromatic rings. The number of hydrogen-bond donors (Lipinski definition) is 2. The van der Waals surface area contributed by atoms with Gasteiger partial charge in [0.1, 0.15) is 0 Å². The van der Waals surface area contributed by atoms with Crippen LogP contribution in [0.5, 0.6) is 0 Å². The molecule has 0 amide bonds. The summed E-state index contributed by atoms with van der Waals surface area (Å²) in [6.45, 7) is 0.796. The summed E-state index contributed by atoms with van der Waals surface area (Å²) in [5, 5.41) is 31.5. The predicted molar refractivity (Wildman–Crippen MR) is 87.4 cm³/mol. The SMILES string of the molecule is CN1CN=C2SC(CC(=O)O)C(O)(c3cccc([N+](=O)[O-])c3)N2C1. The molecule has 2 aliphatic heterocycles. The quantitative estimate of drug-likeness (QED) is 0.604. The molecule has 128 valence electrons. The van der Waals surface area contributed by atoms with Gasteiger partial charge in [-0.15, -0.1) is 0 Å². The summed E-state index contributed by atoms with van der Waals surface area (Å²) in [5.74, 6) is -1.05. The largest absolute Gasteiger partial charge is 0.481 e. The third-order valence-corrected chi connectivity index (χ3v) is 5.35. The summed E-state index contributed by atoms with van der Waals surface area (Å²) in [4.78, 5) is 29.5. The Labute approximate surface area is 141 Å². The Morgan fingerprint density at radius 2 is 2.33 bits per heavy atom. The number of carbonyl (C=O) groups is 1. The van der Waals surface area contributed by atoms with Crippen LogP contribution in [0.3, 0.4) is 0 Å². The fourth-order valence-corrected chi connectivity index (χ4v) is 4.25. The number of non-ortho nitro benzene ring substituents is 1. The summed E-state index contributed by atoms with van der Waals surface area (Å²) in [6.07, 6.45) is -0.289. The van der Waals surface area contributed by atoms with Gasteiger partial charge in [0.05, 0.1) is 29.9 Å². The molecule has 10 heteroatoms. The molecule has 0 bridgehead atoms. The maximum atomic E-state index is 11.4. The summed E-state index contributed by atoms with van der Waals surface area (Å²) in [7, 11) is 1.82. The number of fused-ring (bicyclic) bond motifs is 1. The third kappa shape index (κ3) is 2.72. The van der Waals surface area contributed by atoms with E-state index in [1.165, 1.54) is 30.0 Å². The molecule has 0 aliphatic carbocycles. The molecule has 0 saturated carbocycles. The molecule has 1 fully saturated rings. The molecule has 2 N–H and O–H groups in total. The summed E-state index contributed by atoms with van der Waals surface area (Å²) < 4.78 is 0. The molecule has 2 atom stereocenters. The topological polar surface area (TPSA) is 120 Å². The Hall–Kier alpha value is -2.17. The standard InChI is InChI=1S/C14H16N4O5S/c1-16-7-15-13-17(8-16)14(21,11(24-13)6-12(19)20)9-3-2-4-10(5-9)18(22)23/h2-5,11,21H,6-8H2,1H3,(H,19,20). The molecular weight excluding hydrogens is 336 g/mol. The Bertz CT molecular complexity index is 727. The highest BCUT2D eigenvalue weighted by Crippen LogP contribution is 2.47. The van der Waals surface area contributed by atoms with E-state index in [0.29, 0.717) is 18.5 Å². The van der Waals surface area contributed by atoms with Crippen molar-refractivity contribution < 1.29 is 19.9 Å². The number of benzene rings is 1. The number of hydrogen-bond acceptors (Lipinski definition) is 8. The second kappa shape index (κ2) is 6.04. The van der Waals surface area contributed by atoms with E-state index in [-0.39, 0.29) is 17.7 Å². The number of aliphatic imine (C=N–C) groups is 1. The van der Waals surface area contributed by atoms with Crippen molar-refractivity contribution in [1.82, 2.24) is 9.80 Å². The minimum atomic E-state index is -1.68. The van der Waals surface area contributed by atoms with Crippen LogP contribution in [0.4, 0.5) is 5.69 Å². The van der Waals surface area contributed by atoms with Crippen LogP contribution >= 0.6 is 11.8 Å². The fraction of sp³-hybridized carbons (Fsp3) is 0.429.